The lowest BCUT2D eigenvalue weighted by molar-refractivity contribution is -0.116. The molecule has 2 heterocycles. The van der Waals surface area contributed by atoms with Gasteiger partial charge in [0.1, 0.15) is 5.75 Å². The highest BCUT2D eigenvalue weighted by atomic mass is 35.5. The molecule has 30 heavy (non-hydrogen) atoms. The molecule has 1 amide bonds. The molecule has 0 atom stereocenters. The normalized spacial score (nSPS) is 20.5. The number of piperazine rings is 1. The Morgan fingerprint density at radius 3 is 2.77 bits per heavy atom. The lowest BCUT2D eigenvalue weighted by Gasteiger charge is -2.36. The van der Waals surface area contributed by atoms with E-state index in [4.69, 9.17) is 37.6 Å². The summed E-state index contributed by atoms with van der Waals surface area (Å²) in [7, 11) is 0. The highest BCUT2D eigenvalue weighted by molar-refractivity contribution is 6.43. The number of fused-ring (bicyclic) bond motifs is 1. The number of halogens is 2. The summed E-state index contributed by atoms with van der Waals surface area (Å²) >= 11 is 12.4. The van der Waals surface area contributed by atoms with Gasteiger partial charge in [0.25, 0.3) is 0 Å². The Balaban J connectivity index is 1.29. The SMILES string of the molecule is [2H]c1c([2H])c(Cl)c(Cl)c(N2CCN(CCCCOc3c([2H])c([2H])c4c(c3[2H])N([2H])C(=O)CC4)CC2)c1[2H]. The van der Waals surface area contributed by atoms with Crippen LogP contribution < -0.4 is 14.9 Å². The van der Waals surface area contributed by atoms with Crippen LogP contribution >= 0.6 is 23.2 Å². The van der Waals surface area contributed by atoms with Crippen LogP contribution in [0.5, 0.6) is 5.75 Å². The summed E-state index contributed by atoms with van der Waals surface area (Å²) in [5.74, 6) is -0.513. The molecule has 4 rings (SSSR count). The van der Waals surface area contributed by atoms with Gasteiger partial charge in [-0.1, -0.05) is 35.3 Å². The van der Waals surface area contributed by atoms with Crippen molar-refractivity contribution >= 4 is 40.5 Å². The Morgan fingerprint density at radius 1 is 1.10 bits per heavy atom. The zero-order valence-electron chi connectivity index (χ0n) is 23.5. The number of amides is 1. The van der Waals surface area contributed by atoms with Crippen LogP contribution in [-0.4, -0.2) is 50.1 Å². The summed E-state index contributed by atoms with van der Waals surface area (Å²) in [5.41, 5.74) is 0.800. The molecule has 0 unspecified atom stereocenters. The van der Waals surface area contributed by atoms with E-state index < -0.39 is 5.91 Å². The number of anilines is 2. The van der Waals surface area contributed by atoms with Crippen LogP contribution in [0.4, 0.5) is 11.4 Å². The number of nitrogens with one attached hydrogen (secondary N) is 1. The van der Waals surface area contributed by atoms with E-state index in [1.165, 1.54) is 0 Å². The monoisotopic (exact) mass is 454 g/mol. The average molecular weight is 455 g/mol. The summed E-state index contributed by atoms with van der Waals surface area (Å²) in [4.78, 5) is 16.1. The Bertz CT molecular complexity index is 1200. The fourth-order valence-corrected chi connectivity index (χ4v) is 3.90. The molecule has 0 spiro atoms. The summed E-state index contributed by atoms with van der Waals surface area (Å²) in [6.07, 6.45) is 1.78. The van der Waals surface area contributed by atoms with Crippen molar-refractivity contribution in [2.45, 2.75) is 25.7 Å². The van der Waals surface area contributed by atoms with Gasteiger partial charge in [-0.15, -0.1) is 0 Å². The van der Waals surface area contributed by atoms with Crippen molar-refractivity contribution in [2.24, 2.45) is 0 Å². The maximum atomic E-state index is 11.9. The molecule has 7 heteroatoms. The first kappa shape index (κ1) is 14.2. The van der Waals surface area contributed by atoms with Gasteiger partial charge in [-0.2, -0.15) is 0 Å². The van der Waals surface area contributed by atoms with Crippen molar-refractivity contribution < 1.29 is 19.2 Å². The number of carbonyl (C=O) groups excluding carboxylic acids is 1. The van der Waals surface area contributed by atoms with E-state index in [1.807, 2.05) is 4.90 Å². The molecule has 1 fully saturated rings. The smallest absolute Gasteiger partial charge is 0.224 e. The minimum atomic E-state index is -0.443. The first-order chi connectivity index (χ1) is 17.5. The second-order valence-electron chi connectivity index (χ2n) is 7.27. The number of hydrogen-bond acceptors (Lipinski definition) is 4. The molecular formula is C23H27Cl2N3O2. The maximum absolute atomic E-state index is 11.9. The van der Waals surface area contributed by atoms with Crippen molar-refractivity contribution in [1.82, 2.24) is 4.90 Å². The third-order valence-corrected chi connectivity index (χ3v) is 5.98. The van der Waals surface area contributed by atoms with Crippen LogP contribution in [0.3, 0.4) is 0 Å². The fourth-order valence-electron chi connectivity index (χ4n) is 3.55. The van der Waals surface area contributed by atoms with E-state index >= 15 is 0 Å². The van der Waals surface area contributed by atoms with Gasteiger partial charge in [0.2, 0.25) is 5.91 Å². The quantitative estimate of drug-likeness (QED) is 0.606. The summed E-state index contributed by atoms with van der Waals surface area (Å²) < 4.78 is 62.5. The molecule has 0 aromatic heterocycles. The van der Waals surface area contributed by atoms with E-state index in [2.05, 4.69) is 4.90 Å². The Kier molecular flexibility index (Phi) is 4.68. The number of benzene rings is 2. The van der Waals surface area contributed by atoms with Gasteiger partial charge in [0, 0.05) is 44.3 Å². The van der Waals surface area contributed by atoms with Gasteiger partial charge < -0.3 is 14.9 Å². The van der Waals surface area contributed by atoms with Crippen molar-refractivity contribution in [2.75, 3.05) is 49.5 Å². The number of hydrogen-bond donors (Lipinski definition) is 1. The number of unbranched alkanes of at least 4 members (excludes halogenated alkanes) is 1. The topological polar surface area (TPSA) is 44.8 Å². The van der Waals surface area contributed by atoms with Crippen LogP contribution in [0.15, 0.2) is 36.3 Å². The van der Waals surface area contributed by atoms with Crippen molar-refractivity contribution in [1.29, 1.82) is 0 Å². The number of rotatable bonds is 7. The lowest BCUT2D eigenvalue weighted by atomic mass is 10.0. The molecule has 0 aliphatic carbocycles. The Morgan fingerprint density at radius 2 is 1.93 bits per heavy atom. The second kappa shape index (κ2) is 9.90. The number of ether oxygens (including phenoxy) is 1. The van der Waals surface area contributed by atoms with Crippen LogP contribution in [-0.2, 0) is 11.2 Å². The average Bonchev–Trinajstić information content (AvgIpc) is 2.89. The molecule has 0 saturated carbocycles. The molecule has 1 N–H and O–H groups in total. The van der Waals surface area contributed by atoms with Crippen LogP contribution in [0.2, 0.25) is 11.5 Å². The predicted molar refractivity (Wildman–Crippen MR) is 123 cm³/mol. The molecule has 2 aromatic rings. The highest BCUT2D eigenvalue weighted by Gasteiger charge is 2.19. The minimum absolute atomic E-state index is 0.00901. The van der Waals surface area contributed by atoms with E-state index in [9.17, 15) is 4.79 Å². The maximum Gasteiger partial charge on any atom is 0.224 e. The molecule has 0 bridgehead atoms. The van der Waals surface area contributed by atoms with Crippen molar-refractivity contribution in [3.8, 4) is 5.75 Å². The van der Waals surface area contributed by atoms with Gasteiger partial charge in [-0.05, 0) is 49.5 Å². The van der Waals surface area contributed by atoms with Gasteiger partial charge in [-0.3, -0.25) is 9.69 Å². The van der Waals surface area contributed by atoms with Crippen LogP contribution in [0.25, 0.3) is 0 Å². The third-order valence-electron chi connectivity index (χ3n) is 5.23. The molecule has 1 saturated heterocycles. The summed E-state index contributed by atoms with van der Waals surface area (Å²) in [6.45, 7) is 3.67. The zero-order chi connectivity index (χ0) is 27.0. The third kappa shape index (κ3) is 5.20. The van der Waals surface area contributed by atoms with Gasteiger partial charge in [0.05, 0.1) is 30.6 Å². The van der Waals surface area contributed by atoms with Crippen LogP contribution in [0, 0.1) is 0 Å². The van der Waals surface area contributed by atoms with Gasteiger partial charge in [0.15, 0.2) is 1.41 Å². The standard InChI is InChI=1S/C23H27Cl2N3O2/c24-19-4-3-5-21(23(19)25)28-13-11-27(12-14-28)10-1-2-15-30-18-8-6-17-7-9-22(29)26-20(17)16-18/h3-6,8,16H,1-2,7,9-15H2,(H,26,29)/i3D,4D,5D,6D,8D,16D/hD. The van der Waals surface area contributed by atoms with E-state index in [0.29, 0.717) is 36.1 Å². The molecular weight excluding hydrogens is 421 g/mol. The molecule has 2 aliphatic heterocycles. The Hall–Kier alpha value is -1.95. The van der Waals surface area contributed by atoms with Crippen molar-refractivity contribution in [3.05, 3.63) is 51.9 Å². The second-order valence-corrected chi connectivity index (χ2v) is 8.03. The number of carbonyl (C=O) groups is 1. The Labute approximate surface area is 197 Å². The summed E-state index contributed by atoms with van der Waals surface area (Å²) in [5, 5.41) is 0.768. The van der Waals surface area contributed by atoms with E-state index in [-0.39, 0.29) is 77.2 Å². The molecule has 0 radical (unpaired) electrons. The molecule has 160 valence electrons. The first-order valence-corrected chi connectivity index (χ1v) is 10.8. The largest absolute Gasteiger partial charge is 0.494 e. The summed E-state index contributed by atoms with van der Waals surface area (Å²) in [6, 6.07) is -1.06. The highest BCUT2D eigenvalue weighted by Crippen LogP contribution is 2.33. The van der Waals surface area contributed by atoms with Crippen LogP contribution in [0.1, 0.15) is 33.1 Å². The molecule has 5 nitrogen and oxygen atoms in total. The lowest BCUT2D eigenvalue weighted by Crippen LogP contribution is -2.46. The van der Waals surface area contributed by atoms with Crippen molar-refractivity contribution in [3.63, 3.8) is 0 Å². The molecule has 2 aliphatic rings. The van der Waals surface area contributed by atoms with E-state index in [0.717, 1.165) is 26.1 Å². The predicted octanol–water partition coefficient (Wildman–Crippen LogP) is 4.86. The fraction of sp³-hybridized carbons (Fsp3) is 0.435. The molecule has 2 aromatic carbocycles. The number of nitrogens with zero attached hydrogens (tertiary/aromatic N) is 2. The van der Waals surface area contributed by atoms with Gasteiger partial charge >= 0.3 is 0 Å². The minimum Gasteiger partial charge on any atom is -0.494 e. The first-order valence-electron chi connectivity index (χ1n) is 13.5. The zero-order valence-corrected chi connectivity index (χ0v) is 18.0. The van der Waals surface area contributed by atoms with E-state index in [1.54, 1.807) is 0 Å². The van der Waals surface area contributed by atoms with Gasteiger partial charge in [-0.25, -0.2) is 0 Å².